The number of methoxy groups -OCH3 is 1. The van der Waals surface area contributed by atoms with E-state index in [-0.39, 0.29) is 12.4 Å². The van der Waals surface area contributed by atoms with Crippen LogP contribution in [0.4, 0.5) is 19.2 Å². The fraction of sp³-hybridized carbons (Fsp3) is 0.360. The van der Waals surface area contributed by atoms with E-state index in [4.69, 9.17) is 4.42 Å². The molecule has 1 fully saturated rings. The summed E-state index contributed by atoms with van der Waals surface area (Å²) in [6, 6.07) is 9.77. The lowest BCUT2D eigenvalue weighted by Crippen LogP contribution is -2.34. The average Bonchev–Trinajstić information content (AvgIpc) is 3.31. The van der Waals surface area contributed by atoms with Crippen LogP contribution in [0.5, 0.6) is 0 Å². The number of nitrogens with zero attached hydrogens (tertiary/aromatic N) is 3. The van der Waals surface area contributed by atoms with Crippen LogP contribution in [-0.2, 0) is 17.3 Å². The van der Waals surface area contributed by atoms with Gasteiger partial charge in [-0.3, -0.25) is 9.78 Å². The third kappa shape index (κ3) is 5.52. The summed E-state index contributed by atoms with van der Waals surface area (Å²) in [5.41, 5.74) is 0.880. The lowest BCUT2D eigenvalue weighted by molar-refractivity contribution is -0.141. The van der Waals surface area contributed by atoms with Gasteiger partial charge in [0.25, 0.3) is 6.01 Å². The third-order valence-corrected chi connectivity index (χ3v) is 5.87. The first-order chi connectivity index (χ1) is 16.7. The number of ether oxygens (including phenoxy) is 1. The van der Waals surface area contributed by atoms with Crippen molar-refractivity contribution in [2.75, 3.05) is 25.1 Å². The Morgan fingerprint density at radius 3 is 2.46 bits per heavy atom. The topological polar surface area (TPSA) is 85.5 Å². The highest BCUT2D eigenvalue weighted by Crippen LogP contribution is 2.35. The molecule has 1 aliphatic heterocycles. The second-order valence-corrected chi connectivity index (χ2v) is 8.57. The first-order valence-corrected chi connectivity index (χ1v) is 11.2. The van der Waals surface area contributed by atoms with Gasteiger partial charge in [0.1, 0.15) is 0 Å². The molecule has 1 saturated heterocycles. The molecule has 7 nitrogen and oxygen atoms in total. The number of benzene rings is 1. The molecule has 0 spiro atoms. The van der Waals surface area contributed by atoms with E-state index in [1.807, 2.05) is 6.92 Å². The van der Waals surface area contributed by atoms with Crippen molar-refractivity contribution in [1.82, 2.24) is 9.97 Å². The Balaban J connectivity index is 1.51. The number of carbonyl (C=O) groups excluding carboxylic acids is 2. The van der Waals surface area contributed by atoms with Gasteiger partial charge >= 0.3 is 12.1 Å². The number of halogens is 3. The Labute approximate surface area is 199 Å². The summed E-state index contributed by atoms with van der Waals surface area (Å²) < 4.78 is 50.9. The molecule has 0 amide bonds. The third-order valence-electron chi connectivity index (χ3n) is 5.87. The number of hydrogen-bond acceptors (Lipinski definition) is 7. The number of ketones is 1. The molecule has 0 radical (unpaired) electrons. The first-order valence-electron chi connectivity index (χ1n) is 11.2. The molecule has 35 heavy (non-hydrogen) atoms. The second kappa shape index (κ2) is 9.89. The summed E-state index contributed by atoms with van der Waals surface area (Å²) in [5, 5.41) is 0. The van der Waals surface area contributed by atoms with Crippen molar-refractivity contribution >= 4 is 17.8 Å². The van der Waals surface area contributed by atoms with E-state index in [9.17, 15) is 22.8 Å². The van der Waals surface area contributed by atoms with Crippen LogP contribution in [0.15, 0.2) is 47.0 Å². The molecule has 4 rings (SSSR count). The van der Waals surface area contributed by atoms with Crippen molar-refractivity contribution in [3.05, 3.63) is 65.3 Å². The summed E-state index contributed by atoms with van der Waals surface area (Å²) in [7, 11) is 1.30. The number of pyridine rings is 1. The smallest absolute Gasteiger partial charge is 0.437 e. The Morgan fingerprint density at radius 2 is 1.86 bits per heavy atom. The zero-order valence-corrected chi connectivity index (χ0v) is 19.3. The highest BCUT2D eigenvalue weighted by atomic mass is 19.4. The van der Waals surface area contributed by atoms with Crippen molar-refractivity contribution in [3.8, 4) is 11.1 Å². The minimum absolute atomic E-state index is 0.175. The first kappa shape index (κ1) is 24.4. The van der Waals surface area contributed by atoms with Gasteiger partial charge < -0.3 is 14.1 Å². The molecule has 3 heterocycles. The Bertz CT molecular complexity index is 1200. The Hall–Kier alpha value is -3.69. The van der Waals surface area contributed by atoms with Crippen molar-refractivity contribution < 1.29 is 31.9 Å². The normalized spacial score (nSPS) is 16.3. The fourth-order valence-corrected chi connectivity index (χ4v) is 4.05. The number of aromatic nitrogens is 2. The molecular formula is C25H24F3N3O4. The predicted octanol–water partition coefficient (Wildman–Crippen LogP) is 5.20. The molecule has 0 bridgehead atoms. The number of rotatable bonds is 6. The number of carbonyl (C=O) groups is 2. The minimum atomic E-state index is -4.82. The quantitative estimate of drug-likeness (QED) is 0.349. The van der Waals surface area contributed by atoms with E-state index in [1.54, 1.807) is 41.3 Å². The van der Waals surface area contributed by atoms with E-state index in [0.717, 1.165) is 24.0 Å². The van der Waals surface area contributed by atoms with Gasteiger partial charge in [0, 0.05) is 30.5 Å². The highest BCUT2D eigenvalue weighted by Gasteiger charge is 2.42. The minimum Gasteiger partial charge on any atom is -0.465 e. The maximum Gasteiger partial charge on any atom is 0.437 e. The SMILES string of the molecule is COC(=O)c1ccc(-c2ccc(CC(=O)c3oc(N4CCCC(C)C4)nc3C(F)(F)F)nc2)cc1. The second-order valence-electron chi connectivity index (χ2n) is 8.57. The van der Waals surface area contributed by atoms with Gasteiger partial charge in [0.2, 0.25) is 11.5 Å². The summed E-state index contributed by atoms with van der Waals surface area (Å²) >= 11 is 0. The van der Waals surface area contributed by atoms with E-state index >= 15 is 0 Å². The lowest BCUT2D eigenvalue weighted by Gasteiger charge is -2.29. The van der Waals surface area contributed by atoms with Crippen LogP contribution >= 0.6 is 0 Å². The number of Topliss-reactive ketones (excluding diaryl/α,β-unsaturated/α-hetero) is 1. The number of oxazole rings is 1. The molecule has 0 aliphatic carbocycles. The van der Waals surface area contributed by atoms with Gasteiger partial charge in [-0.2, -0.15) is 18.2 Å². The summed E-state index contributed by atoms with van der Waals surface area (Å²) in [5.74, 6) is -1.80. The molecule has 0 N–H and O–H groups in total. The zero-order chi connectivity index (χ0) is 25.2. The summed E-state index contributed by atoms with van der Waals surface area (Å²) in [6.45, 7) is 3.06. The Morgan fingerprint density at radius 1 is 1.14 bits per heavy atom. The molecule has 1 unspecified atom stereocenters. The van der Waals surface area contributed by atoms with Gasteiger partial charge in [-0.1, -0.05) is 25.1 Å². The number of anilines is 1. The van der Waals surface area contributed by atoms with E-state index in [1.165, 1.54) is 13.3 Å². The number of hydrogen-bond donors (Lipinski definition) is 0. The number of piperidine rings is 1. The van der Waals surface area contributed by atoms with Crippen LogP contribution in [0.2, 0.25) is 0 Å². The molecule has 10 heteroatoms. The molecule has 2 aromatic heterocycles. The van der Waals surface area contributed by atoms with Crippen LogP contribution < -0.4 is 4.90 Å². The number of esters is 1. The van der Waals surface area contributed by atoms with Gasteiger partial charge in [-0.05, 0) is 42.5 Å². The van der Waals surface area contributed by atoms with Gasteiger partial charge in [0.15, 0.2) is 5.69 Å². The summed E-state index contributed by atoms with van der Waals surface area (Å²) in [6.07, 6.45) is -1.87. The lowest BCUT2D eigenvalue weighted by atomic mass is 10.0. The molecular weight excluding hydrogens is 463 g/mol. The molecule has 1 atom stereocenters. The summed E-state index contributed by atoms with van der Waals surface area (Å²) in [4.78, 5) is 33.9. The zero-order valence-electron chi connectivity index (χ0n) is 19.3. The van der Waals surface area contributed by atoms with Crippen LogP contribution in [0.25, 0.3) is 11.1 Å². The van der Waals surface area contributed by atoms with E-state index in [0.29, 0.717) is 30.3 Å². The van der Waals surface area contributed by atoms with Crippen LogP contribution in [0.1, 0.15) is 52.1 Å². The van der Waals surface area contributed by atoms with Crippen molar-refractivity contribution in [2.24, 2.45) is 5.92 Å². The van der Waals surface area contributed by atoms with Gasteiger partial charge in [0.05, 0.1) is 19.1 Å². The van der Waals surface area contributed by atoms with E-state index < -0.39 is 29.4 Å². The fourth-order valence-electron chi connectivity index (χ4n) is 4.05. The highest BCUT2D eigenvalue weighted by molar-refractivity contribution is 5.96. The maximum atomic E-state index is 13.6. The van der Waals surface area contributed by atoms with Gasteiger partial charge in [-0.25, -0.2) is 4.79 Å². The van der Waals surface area contributed by atoms with Crippen molar-refractivity contribution in [1.29, 1.82) is 0 Å². The predicted molar refractivity (Wildman–Crippen MR) is 121 cm³/mol. The van der Waals surface area contributed by atoms with Crippen LogP contribution in [-0.4, -0.2) is 41.9 Å². The molecule has 184 valence electrons. The Kier molecular flexibility index (Phi) is 6.90. The standard InChI is InChI=1S/C25H24F3N3O4/c1-15-4-3-11-31(14-15)24-30-22(25(26,27)28)21(35-24)20(32)12-19-10-9-18(13-29-19)16-5-7-17(8-6-16)23(33)34-2/h5-10,13,15H,3-4,11-12,14H2,1-2H3. The molecule has 3 aromatic rings. The van der Waals surface area contributed by atoms with Gasteiger partial charge in [-0.15, -0.1) is 0 Å². The average molecular weight is 487 g/mol. The maximum absolute atomic E-state index is 13.6. The van der Waals surface area contributed by atoms with Crippen molar-refractivity contribution in [3.63, 3.8) is 0 Å². The molecule has 1 aliphatic rings. The number of alkyl halides is 3. The van der Waals surface area contributed by atoms with E-state index in [2.05, 4.69) is 14.7 Å². The monoisotopic (exact) mass is 487 g/mol. The van der Waals surface area contributed by atoms with Crippen LogP contribution in [0, 0.1) is 5.92 Å². The largest absolute Gasteiger partial charge is 0.465 e. The van der Waals surface area contributed by atoms with Crippen LogP contribution in [0.3, 0.4) is 0 Å². The van der Waals surface area contributed by atoms with Crippen molar-refractivity contribution in [2.45, 2.75) is 32.4 Å². The molecule has 1 aromatic carbocycles. The molecule has 0 saturated carbocycles.